The minimum absolute atomic E-state index is 0.207. The van der Waals surface area contributed by atoms with Crippen LogP contribution in [-0.2, 0) is 0 Å². The lowest BCUT2D eigenvalue weighted by Gasteiger charge is -2.24. The van der Waals surface area contributed by atoms with Gasteiger partial charge in [-0.25, -0.2) is 0 Å². The fourth-order valence-corrected chi connectivity index (χ4v) is 4.44. The third kappa shape index (κ3) is 4.05. The second-order valence-corrected chi connectivity index (χ2v) is 8.55. The van der Waals surface area contributed by atoms with Crippen LogP contribution in [0.25, 0.3) is 11.0 Å². The lowest BCUT2D eigenvalue weighted by molar-refractivity contribution is 0.0852. The molecule has 0 fully saturated rings. The minimum Gasteiger partial charge on any atom is -0.493 e. The van der Waals surface area contributed by atoms with Gasteiger partial charge in [0, 0.05) is 5.56 Å². The monoisotopic (exact) mass is 449 g/mol. The number of nitrogens with zero attached hydrogens (tertiary/aromatic N) is 3. The van der Waals surface area contributed by atoms with Crippen LogP contribution in [0.2, 0.25) is 0 Å². The summed E-state index contributed by atoms with van der Waals surface area (Å²) in [5.41, 5.74) is 0.660. The maximum atomic E-state index is 13.0. The summed E-state index contributed by atoms with van der Waals surface area (Å²) < 4.78 is 19.5. The highest BCUT2D eigenvalue weighted by atomic mass is 32.1. The maximum absolute atomic E-state index is 13.0. The molecule has 4 aromatic rings. The Morgan fingerprint density at radius 1 is 1.16 bits per heavy atom. The molecular formula is C24H23N3O4S. The van der Waals surface area contributed by atoms with E-state index in [-0.39, 0.29) is 5.56 Å². The van der Waals surface area contributed by atoms with Crippen molar-refractivity contribution in [3.8, 4) is 17.2 Å². The number of aromatic nitrogens is 3. The van der Waals surface area contributed by atoms with Crippen molar-refractivity contribution in [2.24, 2.45) is 0 Å². The molecule has 0 saturated heterocycles. The molecule has 32 heavy (non-hydrogen) atoms. The van der Waals surface area contributed by atoms with E-state index in [9.17, 15) is 4.79 Å². The molecule has 0 spiro atoms. The van der Waals surface area contributed by atoms with E-state index in [1.54, 1.807) is 0 Å². The molecule has 164 valence electrons. The van der Waals surface area contributed by atoms with Gasteiger partial charge in [-0.05, 0) is 30.7 Å². The van der Waals surface area contributed by atoms with E-state index in [1.807, 2.05) is 54.6 Å². The third-order valence-corrected chi connectivity index (χ3v) is 6.17. The summed E-state index contributed by atoms with van der Waals surface area (Å²) >= 11 is 1.30. The Hall–Kier alpha value is -3.39. The molecule has 3 heterocycles. The standard InChI is InChI=1S/C24H23N3O4S/c1-2-3-8-13-29-17-10-5-4-9-16(17)14-21-23(28)27-24(32-21)25-22(26-27)20-15-30-18-11-6-7-12-19(18)31-20/h4-7,9-12,14,20H,2-3,8,13,15H2,1H3/b21-14-. The van der Waals surface area contributed by atoms with Gasteiger partial charge in [-0.3, -0.25) is 4.79 Å². The Morgan fingerprint density at radius 2 is 1.97 bits per heavy atom. The summed E-state index contributed by atoms with van der Waals surface area (Å²) in [6.07, 6.45) is 4.67. The molecule has 2 aromatic heterocycles. The van der Waals surface area contributed by atoms with Crippen LogP contribution in [-0.4, -0.2) is 27.8 Å². The Morgan fingerprint density at radius 3 is 2.81 bits per heavy atom. The average molecular weight is 450 g/mol. The van der Waals surface area contributed by atoms with Crippen molar-refractivity contribution < 1.29 is 14.2 Å². The molecule has 7 nitrogen and oxygen atoms in total. The number of thiazole rings is 1. The minimum atomic E-state index is -0.457. The highest BCUT2D eigenvalue weighted by molar-refractivity contribution is 7.15. The molecule has 1 aliphatic heterocycles. The first-order valence-electron chi connectivity index (χ1n) is 10.7. The van der Waals surface area contributed by atoms with Crippen LogP contribution >= 0.6 is 11.3 Å². The zero-order valence-corrected chi connectivity index (χ0v) is 18.5. The molecule has 5 rings (SSSR count). The first-order chi connectivity index (χ1) is 15.7. The van der Waals surface area contributed by atoms with Crippen molar-refractivity contribution in [2.45, 2.75) is 32.3 Å². The predicted octanol–water partition coefficient (Wildman–Crippen LogP) is 3.78. The Balaban J connectivity index is 1.41. The van der Waals surface area contributed by atoms with E-state index in [0.717, 1.165) is 30.6 Å². The molecule has 0 saturated carbocycles. The van der Waals surface area contributed by atoms with Gasteiger partial charge in [0.2, 0.25) is 4.96 Å². The van der Waals surface area contributed by atoms with Crippen LogP contribution in [0, 0.1) is 0 Å². The van der Waals surface area contributed by atoms with Gasteiger partial charge in [0.25, 0.3) is 5.56 Å². The van der Waals surface area contributed by atoms with Crippen molar-refractivity contribution in [3.63, 3.8) is 0 Å². The molecular weight excluding hydrogens is 426 g/mol. The second kappa shape index (κ2) is 9.00. The molecule has 1 aliphatic rings. The van der Waals surface area contributed by atoms with Crippen molar-refractivity contribution in [3.05, 3.63) is 74.8 Å². The molecule has 0 aliphatic carbocycles. The third-order valence-electron chi connectivity index (χ3n) is 5.21. The van der Waals surface area contributed by atoms with Crippen LogP contribution in [0.5, 0.6) is 17.2 Å². The van der Waals surface area contributed by atoms with Crippen molar-refractivity contribution in [1.29, 1.82) is 0 Å². The summed E-state index contributed by atoms with van der Waals surface area (Å²) in [6, 6.07) is 15.2. The highest BCUT2D eigenvalue weighted by Crippen LogP contribution is 2.35. The summed E-state index contributed by atoms with van der Waals surface area (Å²) in [4.78, 5) is 18.0. The molecule has 0 radical (unpaired) electrons. The predicted molar refractivity (Wildman–Crippen MR) is 123 cm³/mol. The first kappa shape index (κ1) is 20.5. The van der Waals surface area contributed by atoms with Gasteiger partial charge < -0.3 is 14.2 Å². The van der Waals surface area contributed by atoms with Crippen LogP contribution in [0.4, 0.5) is 0 Å². The van der Waals surface area contributed by atoms with Crippen molar-refractivity contribution in [1.82, 2.24) is 14.6 Å². The van der Waals surface area contributed by atoms with Gasteiger partial charge in [-0.15, -0.1) is 5.10 Å². The SMILES string of the molecule is CCCCCOc1ccccc1/C=c1\sc2nc(C3COc4ccccc4O3)nn2c1=O. The molecule has 8 heteroatoms. The van der Waals surface area contributed by atoms with Crippen LogP contribution < -0.4 is 24.3 Å². The number of fused-ring (bicyclic) bond motifs is 2. The Kier molecular flexibility index (Phi) is 5.77. The van der Waals surface area contributed by atoms with E-state index in [1.165, 1.54) is 15.9 Å². The number of para-hydroxylation sites is 3. The summed E-state index contributed by atoms with van der Waals surface area (Å²) in [5, 5.41) is 4.41. The second-order valence-electron chi connectivity index (χ2n) is 7.54. The van der Waals surface area contributed by atoms with Gasteiger partial charge in [-0.2, -0.15) is 9.50 Å². The van der Waals surface area contributed by atoms with Gasteiger partial charge in [0.1, 0.15) is 12.4 Å². The van der Waals surface area contributed by atoms with Gasteiger partial charge in [0.15, 0.2) is 23.4 Å². The number of hydrogen-bond acceptors (Lipinski definition) is 7. The van der Waals surface area contributed by atoms with Gasteiger partial charge in [0.05, 0.1) is 11.1 Å². The summed E-state index contributed by atoms with van der Waals surface area (Å²) in [5.74, 6) is 2.55. The molecule has 2 aromatic carbocycles. The average Bonchev–Trinajstić information content (AvgIpc) is 3.37. The topological polar surface area (TPSA) is 74.9 Å². The number of hydrogen-bond donors (Lipinski definition) is 0. The van der Waals surface area contributed by atoms with E-state index in [2.05, 4.69) is 17.0 Å². The molecule has 1 unspecified atom stereocenters. The summed E-state index contributed by atoms with van der Waals surface area (Å²) in [6.45, 7) is 3.12. The number of benzene rings is 2. The zero-order valence-electron chi connectivity index (χ0n) is 17.7. The summed E-state index contributed by atoms with van der Waals surface area (Å²) in [7, 11) is 0. The lowest BCUT2D eigenvalue weighted by atomic mass is 10.2. The maximum Gasteiger partial charge on any atom is 0.291 e. The first-order valence-corrected chi connectivity index (χ1v) is 11.6. The van der Waals surface area contributed by atoms with Crippen molar-refractivity contribution >= 4 is 22.4 Å². The van der Waals surface area contributed by atoms with Crippen molar-refractivity contribution in [2.75, 3.05) is 13.2 Å². The number of rotatable bonds is 7. The van der Waals surface area contributed by atoms with E-state index in [4.69, 9.17) is 14.2 Å². The van der Waals surface area contributed by atoms with Gasteiger partial charge in [-0.1, -0.05) is 61.4 Å². The lowest BCUT2D eigenvalue weighted by Crippen LogP contribution is -2.26. The normalized spacial score (nSPS) is 15.9. The quantitative estimate of drug-likeness (QED) is 0.400. The fraction of sp³-hybridized carbons (Fsp3) is 0.292. The Labute approximate surface area is 188 Å². The number of unbranched alkanes of at least 4 members (excludes halogenated alkanes) is 2. The largest absolute Gasteiger partial charge is 0.493 e. The van der Waals surface area contributed by atoms with Crippen LogP contribution in [0.3, 0.4) is 0 Å². The van der Waals surface area contributed by atoms with Gasteiger partial charge >= 0.3 is 0 Å². The fourth-order valence-electron chi connectivity index (χ4n) is 3.54. The molecule has 0 bridgehead atoms. The molecule has 1 atom stereocenters. The molecule has 0 amide bonds. The van der Waals surface area contributed by atoms with Crippen LogP contribution in [0.1, 0.15) is 43.7 Å². The smallest absolute Gasteiger partial charge is 0.291 e. The van der Waals surface area contributed by atoms with E-state index >= 15 is 0 Å². The van der Waals surface area contributed by atoms with E-state index < -0.39 is 6.10 Å². The van der Waals surface area contributed by atoms with Crippen LogP contribution in [0.15, 0.2) is 53.3 Å². The zero-order chi connectivity index (χ0) is 21.9. The molecule has 0 N–H and O–H groups in total. The Bertz CT molecular complexity index is 1350. The van der Waals surface area contributed by atoms with E-state index in [0.29, 0.717) is 40.0 Å². The number of ether oxygens (including phenoxy) is 3. The highest BCUT2D eigenvalue weighted by Gasteiger charge is 2.27.